The van der Waals surface area contributed by atoms with Gasteiger partial charge in [-0.1, -0.05) is 149 Å². The zero-order chi connectivity index (χ0) is 46.9. The van der Waals surface area contributed by atoms with Crippen LogP contribution in [-0.2, 0) is 14.3 Å². The molecule has 0 unspecified atom stereocenters. The molecule has 3 saturated carbocycles. The van der Waals surface area contributed by atoms with Crippen molar-refractivity contribution in [3.8, 4) is 0 Å². The number of amides is 3. The predicted molar refractivity (Wildman–Crippen MR) is 272 cm³/mol. The number of hydrogen-bond donors (Lipinski definition) is 3. The number of unbranched alkanes of at least 4 members (excludes halogenated alkanes) is 14. The van der Waals surface area contributed by atoms with Crippen molar-refractivity contribution in [1.82, 2.24) is 15.5 Å². The summed E-state index contributed by atoms with van der Waals surface area (Å²) in [7, 11) is 0. The minimum atomic E-state index is -0.283. The van der Waals surface area contributed by atoms with Gasteiger partial charge in [0.05, 0.1) is 6.54 Å². The molecule has 0 bridgehead atoms. The molecule has 4 rings (SSSR count). The van der Waals surface area contributed by atoms with E-state index < -0.39 is 0 Å². The van der Waals surface area contributed by atoms with Crippen molar-refractivity contribution in [2.24, 2.45) is 52.1 Å². The number of nitrogens with zero attached hydrogens (tertiary/aromatic N) is 1. The molecule has 0 aliphatic heterocycles. The second kappa shape index (κ2) is 30.2. The molecule has 0 saturated heterocycles. The van der Waals surface area contributed by atoms with E-state index in [0.717, 1.165) is 113 Å². The molecular weight excluding hydrogens is 805 g/mol. The summed E-state index contributed by atoms with van der Waals surface area (Å²) < 4.78 is 6.06. The van der Waals surface area contributed by atoms with E-state index in [-0.39, 0.29) is 36.0 Å². The Kier molecular flexibility index (Phi) is 25.7. The summed E-state index contributed by atoms with van der Waals surface area (Å²) in [5.41, 5.74) is 7.94. The average Bonchev–Trinajstić information content (AvgIpc) is 3.64. The maximum Gasteiger partial charge on any atom is 0.407 e. The smallest absolute Gasteiger partial charge is 0.407 e. The predicted octanol–water partition coefficient (Wildman–Crippen LogP) is 14.0. The Hall–Kier alpha value is -2.35. The SMILES string of the molecule is CCCCCCCC/C=C\CCCCCCCC(=O)N(CCCCCCNC(=O)O[C@H]1CC[C@@]2(C)C(=CC[C@H]3[C@@H]4CC[C@H]([C@H](C)CCCC(C)C)[C@@]4(C)CC[C@@H]32)C1)CC(=O)NCCCN. The highest BCUT2D eigenvalue weighted by atomic mass is 16.6. The van der Waals surface area contributed by atoms with Crippen molar-refractivity contribution in [1.29, 1.82) is 0 Å². The molecule has 0 heterocycles. The quantitative estimate of drug-likeness (QED) is 0.0448. The fraction of sp³-hybridized carbons (Fsp3) is 0.877. The second-order valence-corrected chi connectivity index (χ2v) is 22.5. The molecule has 0 aromatic rings. The largest absolute Gasteiger partial charge is 0.446 e. The summed E-state index contributed by atoms with van der Waals surface area (Å²) in [4.78, 5) is 40.7. The Morgan fingerprint density at radius 2 is 1.45 bits per heavy atom. The molecule has 0 aromatic carbocycles. The third-order valence-electron chi connectivity index (χ3n) is 17.2. The number of carbonyl (C=O) groups is 3. The van der Waals surface area contributed by atoms with Crippen molar-refractivity contribution in [3.05, 3.63) is 23.8 Å². The number of rotatable bonds is 33. The normalized spacial score (nSPS) is 26.6. The first kappa shape index (κ1) is 55.2. The highest BCUT2D eigenvalue weighted by molar-refractivity contribution is 5.84. The number of allylic oxidation sites excluding steroid dienone is 3. The van der Waals surface area contributed by atoms with Gasteiger partial charge in [0.15, 0.2) is 0 Å². The maximum atomic E-state index is 13.3. The van der Waals surface area contributed by atoms with Gasteiger partial charge < -0.3 is 26.0 Å². The van der Waals surface area contributed by atoms with Gasteiger partial charge in [-0.3, -0.25) is 9.59 Å². The van der Waals surface area contributed by atoms with Crippen LogP contribution < -0.4 is 16.4 Å². The van der Waals surface area contributed by atoms with Gasteiger partial charge in [0.25, 0.3) is 0 Å². The Bertz CT molecular complexity index is 1430. The Labute approximate surface area is 400 Å². The van der Waals surface area contributed by atoms with Gasteiger partial charge in [-0.05, 0) is 149 Å². The summed E-state index contributed by atoms with van der Waals surface area (Å²) in [5.74, 6) is 4.95. The van der Waals surface area contributed by atoms with Gasteiger partial charge in [-0.15, -0.1) is 0 Å². The van der Waals surface area contributed by atoms with E-state index in [2.05, 4.69) is 70.4 Å². The zero-order valence-corrected chi connectivity index (χ0v) is 43.2. The van der Waals surface area contributed by atoms with Crippen molar-refractivity contribution in [3.63, 3.8) is 0 Å². The summed E-state index contributed by atoms with van der Waals surface area (Å²) in [6.07, 6.45) is 41.7. The van der Waals surface area contributed by atoms with Gasteiger partial charge in [-0.2, -0.15) is 0 Å². The summed E-state index contributed by atoms with van der Waals surface area (Å²) in [6.45, 7) is 17.2. The van der Waals surface area contributed by atoms with Crippen molar-refractivity contribution in [2.45, 2.75) is 240 Å². The first-order valence-corrected chi connectivity index (χ1v) is 28.0. The maximum absolute atomic E-state index is 13.3. The van der Waals surface area contributed by atoms with E-state index in [0.29, 0.717) is 38.0 Å². The van der Waals surface area contributed by atoms with Crippen LogP contribution >= 0.6 is 0 Å². The number of nitrogens with two attached hydrogens (primary N) is 1. The van der Waals surface area contributed by atoms with Crippen LogP contribution in [0.15, 0.2) is 23.8 Å². The van der Waals surface area contributed by atoms with Crippen LogP contribution in [-0.4, -0.2) is 61.6 Å². The van der Waals surface area contributed by atoms with Crippen LogP contribution in [0.2, 0.25) is 0 Å². The van der Waals surface area contributed by atoms with Crippen LogP contribution in [0.25, 0.3) is 0 Å². The van der Waals surface area contributed by atoms with Crippen LogP contribution in [0.4, 0.5) is 4.79 Å². The molecule has 3 fully saturated rings. The molecule has 8 heteroatoms. The van der Waals surface area contributed by atoms with E-state index in [1.807, 2.05) is 0 Å². The Balaban J connectivity index is 1.09. The Morgan fingerprint density at radius 1 is 0.769 bits per heavy atom. The molecule has 8 atom stereocenters. The lowest BCUT2D eigenvalue weighted by Crippen LogP contribution is -2.51. The number of ether oxygens (including phenoxy) is 1. The third-order valence-corrected chi connectivity index (χ3v) is 17.2. The lowest BCUT2D eigenvalue weighted by Gasteiger charge is -2.58. The highest BCUT2D eigenvalue weighted by Crippen LogP contribution is 2.67. The molecule has 4 aliphatic rings. The van der Waals surface area contributed by atoms with E-state index in [1.54, 1.807) is 10.5 Å². The molecular formula is C57H102N4O4. The third kappa shape index (κ3) is 18.2. The molecule has 0 radical (unpaired) electrons. The highest BCUT2D eigenvalue weighted by Gasteiger charge is 2.59. The Morgan fingerprint density at radius 3 is 2.17 bits per heavy atom. The van der Waals surface area contributed by atoms with Crippen LogP contribution in [0.3, 0.4) is 0 Å². The van der Waals surface area contributed by atoms with Gasteiger partial charge in [0.1, 0.15) is 6.10 Å². The van der Waals surface area contributed by atoms with Crippen LogP contribution in [0.1, 0.15) is 234 Å². The minimum absolute atomic E-state index is 0.0369. The molecule has 8 nitrogen and oxygen atoms in total. The van der Waals surface area contributed by atoms with Crippen molar-refractivity contribution >= 4 is 17.9 Å². The second-order valence-electron chi connectivity index (χ2n) is 22.5. The monoisotopic (exact) mass is 907 g/mol. The number of fused-ring (bicyclic) bond motifs is 5. The molecule has 0 spiro atoms. The fourth-order valence-corrected chi connectivity index (χ4v) is 13.3. The lowest BCUT2D eigenvalue weighted by molar-refractivity contribution is -0.136. The average molecular weight is 907 g/mol. The first-order valence-electron chi connectivity index (χ1n) is 28.0. The number of nitrogens with one attached hydrogen (secondary N) is 2. The minimum Gasteiger partial charge on any atom is -0.446 e. The molecule has 4 N–H and O–H groups in total. The number of alkyl carbamates (subject to hydrolysis) is 1. The van der Waals surface area contributed by atoms with E-state index >= 15 is 0 Å². The van der Waals surface area contributed by atoms with Gasteiger partial charge in [-0.25, -0.2) is 4.79 Å². The molecule has 3 amide bonds. The topological polar surface area (TPSA) is 114 Å². The lowest BCUT2D eigenvalue weighted by atomic mass is 9.47. The summed E-state index contributed by atoms with van der Waals surface area (Å²) >= 11 is 0. The zero-order valence-electron chi connectivity index (χ0n) is 43.2. The molecule has 65 heavy (non-hydrogen) atoms. The standard InChI is InChI=1S/C57H102N4O4/c1-7-8-9-10-11-12-13-14-15-16-17-18-19-20-23-30-54(63)61(44-53(62)59-41-27-39-58)42-25-22-21-24-40-60-55(64)65-48-35-37-56(5)47(43-48)31-32-49-51-34-33-50(46(4)29-26-28-45(2)3)57(51,6)38-36-52(49)56/h14-15,31,45-46,48-52H,7-13,16-30,32-44,58H2,1-6H3,(H,59,62)(H,60,64)/b15-14-/t46-,48+,49+,50-,51+,52+,56+,57-/m1/s1. The van der Waals surface area contributed by atoms with Crippen LogP contribution in [0, 0.1) is 46.3 Å². The first-order chi connectivity index (χ1) is 31.4. The number of hydrogen-bond acceptors (Lipinski definition) is 5. The van der Waals surface area contributed by atoms with Crippen LogP contribution in [0.5, 0.6) is 0 Å². The molecule has 374 valence electrons. The fourth-order valence-electron chi connectivity index (χ4n) is 13.3. The van der Waals surface area contributed by atoms with E-state index in [4.69, 9.17) is 10.5 Å². The number of carbonyl (C=O) groups excluding carboxylic acids is 3. The molecule has 4 aliphatic carbocycles. The van der Waals surface area contributed by atoms with Crippen molar-refractivity contribution < 1.29 is 19.1 Å². The van der Waals surface area contributed by atoms with Gasteiger partial charge in [0.2, 0.25) is 11.8 Å². The van der Waals surface area contributed by atoms with E-state index in [9.17, 15) is 14.4 Å². The van der Waals surface area contributed by atoms with Gasteiger partial charge >= 0.3 is 6.09 Å². The van der Waals surface area contributed by atoms with Gasteiger partial charge in [0, 0.05) is 32.5 Å². The summed E-state index contributed by atoms with van der Waals surface area (Å²) in [5, 5.41) is 5.96. The van der Waals surface area contributed by atoms with Crippen molar-refractivity contribution in [2.75, 3.05) is 32.7 Å². The van der Waals surface area contributed by atoms with E-state index in [1.165, 1.54) is 109 Å². The summed E-state index contributed by atoms with van der Waals surface area (Å²) in [6, 6.07) is 0. The molecule has 0 aromatic heterocycles.